The Labute approximate surface area is 132 Å². The molecule has 1 amide bonds. The van der Waals surface area contributed by atoms with Gasteiger partial charge in [-0.3, -0.25) is 9.59 Å². The summed E-state index contributed by atoms with van der Waals surface area (Å²) < 4.78 is 5.20. The zero-order valence-corrected chi connectivity index (χ0v) is 14.1. The molecule has 5 nitrogen and oxygen atoms in total. The summed E-state index contributed by atoms with van der Waals surface area (Å²) in [5.74, 6) is -0.711. The molecular weight excluding hydrogens is 280 g/mol. The Morgan fingerprint density at radius 1 is 1.23 bits per heavy atom. The first kappa shape index (κ1) is 18.2. The van der Waals surface area contributed by atoms with Gasteiger partial charge < -0.3 is 15.4 Å². The Morgan fingerprint density at radius 3 is 2.27 bits per heavy atom. The zero-order chi connectivity index (χ0) is 16.9. The summed E-state index contributed by atoms with van der Waals surface area (Å²) in [6.07, 6.45) is 0.442. The Balaban J connectivity index is 2.54. The number of amides is 1. The van der Waals surface area contributed by atoms with Gasteiger partial charge in [0, 0.05) is 7.05 Å². The maximum Gasteiger partial charge on any atom is 0.326 e. The molecule has 0 aromatic heterocycles. The van der Waals surface area contributed by atoms with Crippen molar-refractivity contribution >= 4 is 11.9 Å². The minimum absolute atomic E-state index is 0.0995. The molecule has 0 aliphatic carbocycles. The molecule has 0 unspecified atom stereocenters. The maximum atomic E-state index is 12.2. The number of benzene rings is 1. The molecule has 0 aliphatic rings. The predicted molar refractivity (Wildman–Crippen MR) is 86.3 cm³/mol. The number of nitrogens with two attached hydrogens (primary N) is 1. The van der Waals surface area contributed by atoms with Crippen molar-refractivity contribution in [2.75, 3.05) is 13.6 Å². The van der Waals surface area contributed by atoms with E-state index in [2.05, 4.69) is 0 Å². The number of hydrogen-bond donors (Lipinski definition) is 1. The molecule has 5 heteroatoms. The van der Waals surface area contributed by atoms with E-state index in [0.717, 1.165) is 11.1 Å². The Hall–Kier alpha value is -1.88. The Kier molecular flexibility index (Phi) is 6.11. The molecule has 1 atom stereocenters. The first-order chi connectivity index (χ1) is 10.1. The van der Waals surface area contributed by atoms with Crippen molar-refractivity contribution in [2.24, 2.45) is 5.73 Å². The van der Waals surface area contributed by atoms with Gasteiger partial charge in [0.1, 0.15) is 12.1 Å². The van der Waals surface area contributed by atoms with E-state index in [4.69, 9.17) is 10.5 Å². The third kappa shape index (κ3) is 6.26. The van der Waals surface area contributed by atoms with Crippen molar-refractivity contribution < 1.29 is 14.3 Å². The van der Waals surface area contributed by atoms with Gasteiger partial charge >= 0.3 is 5.97 Å². The van der Waals surface area contributed by atoms with Gasteiger partial charge in [-0.05, 0) is 39.7 Å². The Bertz CT molecular complexity index is 518. The van der Waals surface area contributed by atoms with Crippen molar-refractivity contribution in [3.63, 3.8) is 0 Å². The van der Waals surface area contributed by atoms with Crippen LogP contribution in [0.2, 0.25) is 0 Å². The van der Waals surface area contributed by atoms with Crippen LogP contribution in [0.3, 0.4) is 0 Å². The van der Waals surface area contributed by atoms with Crippen LogP contribution in [0.1, 0.15) is 31.9 Å². The number of ether oxygens (including phenoxy) is 1. The first-order valence-corrected chi connectivity index (χ1v) is 7.36. The predicted octanol–water partition coefficient (Wildman–Crippen LogP) is 1.66. The second-order valence-electron chi connectivity index (χ2n) is 6.58. The topological polar surface area (TPSA) is 72.6 Å². The van der Waals surface area contributed by atoms with Crippen LogP contribution in [0.15, 0.2) is 24.3 Å². The summed E-state index contributed by atoms with van der Waals surface area (Å²) in [6.45, 7) is 7.27. The summed E-state index contributed by atoms with van der Waals surface area (Å²) >= 11 is 0. The third-order valence-corrected chi connectivity index (χ3v) is 3.06. The fourth-order valence-corrected chi connectivity index (χ4v) is 1.99. The molecule has 0 saturated heterocycles. The largest absolute Gasteiger partial charge is 0.459 e. The van der Waals surface area contributed by atoms with E-state index >= 15 is 0 Å². The lowest BCUT2D eigenvalue weighted by atomic mass is 10.0. The molecule has 22 heavy (non-hydrogen) atoms. The molecule has 1 rings (SSSR count). The van der Waals surface area contributed by atoms with E-state index in [9.17, 15) is 9.59 Å². The van der Waals surface area contributed by atoms with Crippen LogP contribution in [-0.2, 0) is 20.7 Å². The summed E-state index contributed by atoms with van der Waals surface area (Å²) in [5, 5.41) is 0. The molecular formula is C17H26N2O3. The average Bonchev–Trinajstić information content (AvgIpc) is 2.38. The van der Waals surface area contributed by atoms with E-state index in [1.54, 1.807) is 27.8 Å². The molecule has 122 valence electrons. The van der Waals surface area contributed by atoms with Gasteiger partial charge in [-0.15, -0.1) is 0 Å². The summed E-state index contributed by atoms with van der Waals surface area (Å²) in [7, 11) is 1.56. The molecule has 0 saturated carbocycles. The lowest BCUT2D eigenvalue weighted by Gasteiger charge is -2.24. The Morgan fingerprint density at radius 2 is 1.77 bits per heavy atom. The smallest absolute Gasteiger partial charge is 0.326 e. The van der Waals surface area contributed by atoms with Gasteiger partial charge in [0.15, 0.2) is 0 Å². The van der Waals surface area contributed by atoms with Gasteiger partial charge in [-0.2, -0.15) is 0 Å². The third-order valence-electron chi connectivity index (χ3n) is 3.06. The molecule has 2 N–H and O–H groups in total. The van der Waals surface area contributed by atoms with E-state index in [1.165, 1.54) is 4.90 Å². The van der Waals surface area contributed by atoms with E-state index in [-0.39, 0.29) is 12.5 Å². The molecule has 0 radical (unpaired) electrons. The van der Waals surface area contributed by atoms with Crippen LogP contribution in [0.5, 0.6) is 0 Å². The zero-order valence-electron chi connectivity index (χ0n) is 14.1. The number of aryl methyl sites for hydroxylation is 1. The highest BCUT2D eigenvalue weighted by Gasteiger charge is 2.23. The average molecular weight is 306 g/mol. The second-order valence-corrected chi connectivity index (χ2v) is 6.58. The van der Waals surface area contributed by atoms with Crippen LogP contribution < -0.4 is 5.73 Å². The van der Waals surface area contributed by atoms with Crippen molar-refractivity contribution in [1.29, 1.82) is 0 Å². The number of esters is 1. The minimum Gasteiger partial charge on any atom is -0.459 e. The number of rotatable bonds is 5. The van der Waals surface area contributed by atoms with Crippen molar-refractivity contribution in [3.8, 4) is 0 Å². The van der Waals surface area contributed by atoms with Crippen molar-refractivity contribution in [3.05, 3.63) is 35.4 Å². The SMILES string of the molecule is Cc1ccc(C[C@H](N)C(=O)N(C)CC(=O)OC(C)(C)C)cc1. The van der Waals surface area contributed by atoms with E-state index < -0.39 is 17.6 Å². The lowest BCUT2D eigenvalue weighted by molar-refractivity contribution is -0.158. The van der Waals surface area contributed by atoms with E-state index in [1.807, 2.05) is 31.2 Å². The highest BCUT2D eigenvalue weighted by molar-refractivity contribution is 5.85. The normalized spacial score (nSPS) is 12.6. The molecule has 0 heterocycles. The molecule has 1 aromatic rings. The quantitative estimate of drug-likeness (QED) is 0.840. The lowest BCUT2D eigenvalue weighted by Crippen LogP contribution is -2.45. The second kappa shape index (κ2) is 7.40. The fourth-order valence-electron chi connectivity index (χ4n) is 1.99. The van der Waals surface area contributed by atoms with Crippen LogP contribution in [0.25, 0.3) is 0 Å². The van der Waals surface area contributed by atoms with Gasteiger partial charge in [0.25, 0.3) is 0 Å². The number of carbonyl (C=O) groups is 2. The number of hydrogen-bond acceptors (Lipinski definition) is 4. The van der Waals surface area contributed by atoms with Crippen LogP contribution in [0.4, 0.5) is 0 Å². The maximum absolute atomic E-state index is 12.2. The summed E-state index contributed by atoms with van der Waals surface area (Å²) in [5.41, 5.74) is 7.54. The standard InChI is InChI=1S/C17H26N2O3/c1-12-6-8-13(9-7-12)10-14(18)16(21)19(5)11-15(20)22-17(2,3)4/h6-9,14H,10-11,18H2,1-5H3/t14-/m0/s1. The minimum atomic E-state index is -0.671. The van der Waals surface area contributed by atoms with Gasteiger partial charge in [0.2, 0.25) is 5.91 Å². The number of nitrogens with zero attached hydrogens (tertiary/aromatic N) is 1. The fraction of sp³-hybridized carbons (Fsp3) is 0.529. The molecule has 0 fully saturated rings. The number of carbonyl (C=O) groups excluding carboxylic acids is 2. The summed E-state index contributed by atoms with van der Waals surface area (Å²) in [6, 6.07) is 7.20. The first-order valence-electron chi connectivity index (χ1n) is 7.36. The van der Waals surface area contributed by atoms with Crippen molar-refractivity contribution in [1.82, 2.24) is 4.90 Å². The molecule has 0 spiro atoms. The highest BCUT2D eigenvalue weighted by Crippen LogP contribution is 2.09. The van der Waals surface area contributed by atoms with Crippen LogP contribution in [-0.4, -0.2) is 42.0 Å². The van der Waals surface area contributed by atoms with Gasteiger partial charge in [0.05, 0.1) is 6.04 Å². The molecule has 1 aromatic carbocycles. The van der Waals surface area contributed by atoms with Gasteiger partial charge in [-0.1, -0.05) is 29.8 Å². The van der Waals surface area contributed by atoms with Gasteiger partial charge in [-0.25, -0.2) is 0 Å². The van der Waals surface area contributed by atoms with E-state index in [0.29, 0.717) is 6.42 Å². The summed E-state index contributed by atoms with van der Waals surface area (Å²) in [4.78, 5) is 25.3. The van der Waals surface area contributed by atoms with Crippen LogP contribution in [0, 0.1) is 6.92 Å². The van der Waals surface area contributed by atoms with Crippen molar-refractivity contribution in [2.45, 2.75) is 45.8 Å². The van der Waals surface area contributed by atoms with Crippen LogP contribution >= 0.6 is 0 Å². The molecule has 0 bridgehead atoms. The number of likely N-dealkylation sites (N-methyl/N-ethyl adjacent to an activating group) is 1. The highest BCUT2D eigenvalue weighted by atomic mass is 16.6. The molecule has 0 aliphatic heterocycles. The monoisotopic (exact) mass is 306 g/mol.